The van der Waals surface area contributed by atoms with Crippen molar-refractivity contribution in [1.29, 1.82) is 0 Å². The van der Waals surface area contributed by atoms with Gasteiger partial charge in [-0.3, -0.25) is 9.89 Å². The zero-order chi connectivity index (χ0) is 12.6. The van der Waals surface area contributed by atoms with Crippen molar-refractivity contribution < 1.29 is 0 Å². The summed E-state index contributed by atoms with van der Waals surface area (Å²) < 4.78 is 0. The Morgan fingerprint density at radius 1 is 1.24 bits per heavy atom. The van der Waals surface area contributed by atoms with Crippen molar-refractivity contribution in [2.75, 3.05) is 19.6 Å². The zero-order valence-electron chi connectivity index (χ0n) is 11.9. The lowest BCUT2D eigenvalue weighted by molar-refractivity contribution is 0.178. The van der Waals surface area contributed by atoms with Gasteiger partial charge in [0.25, 0.3) is 0 Å². The molecule has 0 aromatic rings. The van der Waals surface area contributed by atoms with Crippen LogP contribution in [0, 0.1) is 0 Å². The number of nitrogens with one attached hydrogen (secondary N) is 1. The van der Waals surface area contributed by atoms with Crippen molar-refractivity contribution in [3.8, 4) is 0 Å². The van der Waals surface area contributed by atoms with Gasteiger partial charge in [0.2, 0.25) is 0 Å². The average molecular weight is 356 g/mol. The first-order valence-electron chi connectivity index (χ1n) is 6.28. The second-order valence-corrected chi connectivity index (χ2v) is 4.62. The van der Waals surface area contributed by atoms with E-state index in [0.29, 0.717) is 18.0 Å². The molecule has 0 fully saturated rings. The van der Waals surface area contributed by atoms with Gasteiger partial charge < -0.3 is 11.1 Å². The summed E-state index contributed by atoms with van der Waals surface area (Å²) in [5.74, 6) is 0.564. The second-order valence-electron chi connectivity index (χ2n) is 4.62. The molecule has 0 atom stereocenters. The van der Waals surface area contributed by atoms with Crippen LogP contribution in [-0.2, 0) is 0 Å². The number of rotatable bonds is 7. The molecule has 0 aromatic carbocycles. The summed E-state index contributed by atoms with van der Waals surface area (Å²) in [6.07, 6.45) is 1.03. The van der Waals surface area contributed by atoms with E-state index in [2.05, 4.69) is 49.8 Å². The van der Waals surface area contributed by atoms with E-state index in [9.17, 15) is 0 Å². The van der Waals surface area contributed by atoms with Crippen LogP contribution in [0.25, 0.3) is 0 Å². The van der Waals surface area contributed by atoms with E-state index in [1.807, 2.05) is 0 Å². The molecule has 0 aliphatic carbocycles. The van der Waals surface area contributed by atoms with Crippen LogP contribution in [0.1, 0.15) is 41.0 Å². The van der Waals surface area contributed by atoms with Gasteiger partial charge in [-0.05, 0) is 34.1 Å². The Hall–Kier alpha value is -0.0400. The van der Waals surface area contributed by atoms with Gasteiger partial charge >= 0.3 is 0 Å². The number of nitrogens with two attached hydrogens (primary N) is 1. The zero-order valence-corrected chi connectivity index (χ0v) is 14.2. The fourth-order valence-corrected chi connectivity index (χ4v) is 1.71. The predicted molar refractivity (Wildman–Crippen MR) is 87.2 cm³/mol. The Morgan fingerprint density at radius 3 is 2.18 bits per heavy atom. The first kappa shape index (κ1) is 19.3. The molecule has 0 radical (unpaired) electrons. The minimum absolute atomic E-state index is 0. The fourth-order valence-electron chi connectivity index (χ4n) is 1.71. The normalized spacial score (nSPS) is 12.1. The molecule has 0 aromatic heterocycles. The van der Waals surface area contributed by atoms with Gasteiger partial charge in [-0.15, -0.1) is 24.0 Å². The molecule has 5 heteroatoms. The maximum absolute atomic E-state index is 5.72. The molecule has 0 rings (SSSR count). The van der Waals surface area contributed by atoms with E-state index in [-0.39, 0.29) is 24.0 Å². The Labute approximate surface area is 123 Å². The van der Waals surface area contributed by atoms with Crippen molar-refractivity contribution in [2.45, 2.75) is 53.1 Å². The summed E-state index contributed by atoms with van der Waals surface area (Å²) in [6.45, 7) is 13.6. The molecule has 0 saturated carbocycles. The third kappa shape index (κ3) is 9.64. The Kier molecular flexibility index (Phi) is 12.6. The number of hydrogen-bond donors (Lipinski definition) is 2. The topological polar surface area (TPSA) is 53.6 Å². The molecule has 0 unspecified atom stereocenters. The van der Waals surface area contributed by atoms with E-state index in [1.54, 1.807) is 0 Å². The minimum atomic E-state index is 0. The van der Waals surface area contributed by atoms with Crippen LogP contribution in [0.3, 0.4) is 0 Å². The van der Waals surface area contributed by atoms with Crippen LogP contribution in [0.2, 0.25) is 0 Å². The van der Waals surface area contributed by atoms with E-state index in [0.717, 1.165) is 26.1 Å². The van der Waals surface area contributed by atoms with Crippen molar-refractivity contribution in [3.05, 3.63) is 0 Å². The summed E-state index contributed by atoms with van der Waals surface area (Å²) in [7, 11) is 0. The van der Waals surface area contributed by atoms with Crippen LogP contribution in [0.15, 0.2) is 4.99 Å². The summed E-state index contributed by atoms with van der Waals surface area (Å²) in [5.41, 5.74) is 5.72. The third-order valence-electron chi connectivity index (χ3n) is 2.51. The molecule has 3 N–H and O–H groups in total. The lowest BCUT2D eigenvalue weighted by Gasteiger charge is -2.30. The van der Waals surface area contributed by atoms with Crippen LogP contribution >= 0.6 is 24.0 Å². The SMILES string of the molecule is CCCN=C(N)NCCN(C(C)C)C(C)C.I. The Bertz CT molecular complexity index is 197. The first-order valence-corrected chi connectivity index (χ1v) is 6.28. The summed E-state index contributed by atoms with van der Waals surface area (Å²) in [4.78, 5) is 6.62. The molecule has 4 nitrogen and oxygen atoms in total. The smallest absolute Gasteiger partial charge is 0.188 e. The highest BCUT2D eigenvalue weighted by atomic mass is 127. The molecule has 0 aliphatic rings. The van der Waals surface area contributed by atoms with E-state index >= 15 is 0 Å². The number of guanidine groups is 1. The highest BCUT2D eigenvalue weighted by Crippen LogP contribution is 2.02. The van der Waals surface area contributed by atoms with Gasteiger partial charge in [-0.25, -0.2) is 0 Å². The monoisotopic (exact) mass is 356 g/mol. The molecular weight excluding hydrogens is 327 g/mol. The molecular formula is C12H29IN4. The predicted octanol–water partition coefficient (Wildman–Crippen LogP) is 2.04. The minimum Gasteiger partial charge on any atom is -0.370 e. The maximum Gasteiger partial charge on any atom is 0.188 e. The average Bonchev–Trinajstić information content (AvgIpc) is 2.20. The van der Waals surface area contributed by atoms with Gasteiger partial charge in [0.15, 0.2) is 5.96 Å². The molecule has 0 aliphatic heterocycles. The van der Waals surface area contributed by atoms with Crippen LogP contribution < -0.4 is 11.1 Å². The highest BCUT2D eigenvalue weighted by Gasteiger charge is 2.12. The molecule has 104 valence electrons. The van der Waals surface area contributed by atoms with Gasteiger partial charge in [0, 0.05) is 31.7 Å². The summed E-state index contributed by atoms with van der Waals surface area (Å²) in [6, 6.07) is 1.13. The van der Waals surface area contributed by atoms with Crippen molar-refractivity contribution in [1.82, 2.24) is 10.2 Å². The molecule has 0 saturated heterocycles. The number of nitrogens with zero attached hydrogens (tertiary/aromatic N) is 2. The lowest BCUT2D eigenvalue weighted by atomic mass is 10.2. The quantitative estimate of drug-likeness (QED) is 0.417. The summed E-state index contributed by atoms with van der Waals surface area (Å²) in [5, 5.41) is 3.14. The largest absolute Gasteiger partial charge is 0.370 e. The van der Waals surface area contributed by atoms with E-state index < -0.39 is 0 Å². The third-order valence-corrected chi connectivity index (χ3v) is 2.51. The standard InChI is InChI=1S/C12H28N4.HI/c1-6-7-14-12(13)15-8-9-16(10(2)3)11(4)5;/h10-11H,6-9H2,1-5H3,(H3,13,14,15);1H. The highest BCUT2D eigenvalue weighted by molar-refractivity contribution is 14.0. The second kappa shape index (κ2) is 11.1. The van der Waals surface area contributed by atoms with Gasteiger partial charge in [-0.1, -0.05) is 6.92 Å². The van der Waals surface area contributed by atoms with Crippen molar-refractivity contribution in [2.24, 2.45) is 10.7 Å². The van der Waals surface area contributed by atoms with Gasteiger partial charge in [0.1, 0.15) is 0 Å². The fraction of sp³-hybridized carbons (Fsp3) is 0.917. The molecule has 17 heavy (non-hydrogen) atoms. The van der Waals surface area contributed by atoms with Crippen molar-refractivity contribution >= 4 is 29.9 Å². The van der Waals surface area contributed by atoms with Gasteiger partial charge in [-0.2, -0.15) is 0 Å². The number of aliphatic imine (C=N–C) groups is 1. The van der Waals surface area contributed by atoms with Crippen LogP contribution in [-0.4, -0.2) is 42.6 Å². The molecule has 0 amide bonds. The lowest BCUT2D eigenvalue weighted by Crippen LogP contribution is -2.44. The first-order chi connectivity index (χ1) is 7.49. The van der Waals surface area contributed by atoms with E-state index in [4.69, 9.17) is 5.73 Å². The van der Waals surface area contributed by atoms with Crippen molar-refractivity contribution in [3.63, 3.8) is 0 Å². The molecule has 0 heterocycles. The van der Waals surface area contributed by atoms with Crippen LogP contribution in [0.4, 0.5) is 0 Å². The van der Waals surface area contributed by atoms with Gasteiger partial charge in [0.05, 0.1) is 0 Å². The Morgan fingerprint density at radius 2 is 1.76 bits per heavy atom. The van der Waals surface area contributed by atoms with Crippen LogP contribution in [0.5, 0.6) is 0 Å². The van der Waals surface area contributed by atoms with E-state index in [1.165, 1.54) is 0 Å². The number of hydrogen-bond acceptors (Lipinski definition) is 2. The molecule has 0 bridgehead atoms. The Balaban J connectivity index is 0. The maximum atomic E-state index is 5.72. The molecule has 0 spiro atoms. The number of halogens is 1. The summed E-state index contributed by atoms with van der Waals surface area (Å²) >= 11 is 0.